The first kappa shape index (κ1) is 10.4. The zero-order chi connectivity index (χ0) is 10.7. The van der Waals surface area contributed by atoms with E-state index >= 15 is 0 Å². The average Bonchev–Trinajstić information content (AvgIpc) is 2.11. The highest BCUT2D eigenvalue weighted by Crippen LogP contribution is 2.17. The summed E-state index contributed by atoms with van der Waals surface area (Å²) >= 11 is 0. The number of amides is 1. The minimum Gasteiger partial charge on any atom is -0.366 e. The van der Waals surface area contributed by atoms with Crippen LogP contribution >= 0.6 is 0 Å². The third-order valence-electron chi connectivity index (χ3n) is 1.73. The summed E-state index contributed by atoms with van der Waals surface area (Å²) in [5.74, 6) is -2.14. The molecule has 1 aromatic carbocycles. The zero-order valence-corrected chi connectivity index (χ0v) is 7.55. The lowest BCUT2D eigenvalue weighted by molar-refractivity contribution is -0.113. The van der Waals surface area contributed by atoms with E-state index in [2.05, 4.69) is 0 Å². The Balaban J connectivity index is 3.19. The SMILES string of the molecule is Cc1ccc(F)c(C=CC(N)=O)c1F. The molecule has 0 aliphatic heterocycles. The summed E-state index contributed by atoms with van der Waals surface area (Å²) in [5, 5.41) is 0. The highest BCUT2D eigenvalue weighted by molar-refractivity contribution is 5.90. The predicted octanol–water partition coefficient (Wildman–Crippen LogP) is 1.77. The molecule has 74 valence electrons. The monoisotopic (exact) mass is 197 g/mol. The number of aryl methyl sites for hydroxylation is 1. The molecule has 2 N–H and O–H groups in total. The van der Waals surface area contributed by atoms with Crippen molar-refractivity contribution < 1.29 is 13.6 Å². The third kappa shape index (κ3) is 2.16. The molecule has 0 aliphatic rings. The van der Waals surface area contributed by atoms with Gasteiger partial charge in [0, 0.05) is 11.6 Å². The third-order valence-corrected chi connectivity index (χ3v) is 1.73. The van der Waals surface area contributed by atoms with Crippen LogP contribution < -0.4 is 5.73 Å². The van der Waals surface area contributed by atoms with Crippen LogP contribution in [-0.2, 0) is 4.79 Å². The average molecular weight is 197 g/mol. The first-order valence-corrected chi connectivity index (χ1v) is 3.94. The van der Waals surface area contributed by atoms with Crippen molar-refractivity contribution in [1.29, 1.82) is 0 Å². The Labute approximate surface area is 80.0 Å². The van der Waals surface area contributed by atoms with E-state index in [4.69, 9.17) is 5.73 Å². The molecule has 0 radical (unpaired) electrons. The van der Waals surface area contributed by atoms with Gasteiger partial charge in [0.1, 0.15) is 11.6 Å². The van der Waals surface area contributed by atoms with Gasteiger partial charge in [-0.05, 0) is 24.6 Å². The molecule has 0 unspecified atom stereocenters. The minimum absolute atomic E-state index is 0.246. The van der Waals surface area contributed by atoms with Gasteiger partial charge in [-0.15, -0.1) is 0 Å². The highest BCUT2D eigenvalue weighted by atomic mass is 19.1. The van der Waals surface area contributed by atoms with Gasteiger partial charge >= 0.3 is 0 Å². The van der Waals surface area contributed by atoms with Gasteiger partial charge in [0.2, 0.25) is 5.91 Å². The fourth-order valence-electron chi connectivity index (χ4n) is 0.997. The van der Waals surface area contributed by atoms with E-state index in [1.54, 1.807) is 0 Å². The van der Waals surface area contributed by atoms with Crippen LogP contribution in [0.15, 0.2) is 18.2 Å². The molecule has 14 heavy (non-hydrogen) atoms. The van der Waals surface area contributed by atoms with E-state index in [0.717, 1.165) is 18.2 Å². The van der Waals surface area contributed by atoms with Crippen molar-refractivity contribution in [3.63, 3.8) is 0 Å². The van der Waals surface area contributed by atoms with Gasteiger partial charge in [-0.3, -0.25) is 4.79 Å². The fraction of sp³-hybridized carbons (Fsp3) is 0.100. The second-order valence-electron chi connectivity index (χ2n) is 2.83. The molecule has 0 bridgehead atoms. The van der Waals surface area contributed by atoms with Crippen LogP contribution in [-0.4, -0.2) is 5.91 Å². The van der Waals surface area contributed by atoms with Crippen molar-refractivity contribution in [3.8, 4) is 0 Å². The van der Waals surface area contributed by atoms with Crippen molar-refractivity contribution in [3.05, 3.63) is 41.0 Å². The number of hydrogen-bond acceptors (Lipinski definition) is 1. The quantitative estimate of drug-likeness (QED) is 0.721. The molecule has 0 atom stereocenters. The number of carbonyl (C=O) groups is 1. The number of rotatable bonds is 2. The molecule has 1 amide bonds. The van der Waals surface area contributed by atoms with E-state index < -0.39 is 17.5 Å². The Morgan fingerprint density at radius 2 is 2.07 bits per heavy atom. The van der Waals surface area contributed by atoms with Crippen LogP contribution in [0.2, 0.25) is 0 Å². The summed E-state index contributed by atoms with van der Waals surface area (Å²) in [6.45, 7) is 1.51. The molecular formula is C10H9F2NO. The smallest absolute Gasteiger partial charge is 0.241 e. The van der Waals surface area contributed by atoms with Gasteiger partial charge < -0.3 is 5.73 Å². The molecule has 0 aliphatic carbocycles. The summed E-state index contributed by atoms with van der Waals surface area (Å²) in [6, 6.07) is 2.46. The molecule has 4 heteroatoms. The molecule has 0 spiro atoms. The van der Waals surface area contributed by atoms with Gasteiger partial charge in [-0.1, -0.05) is 6.07 Å². The second-order valence-corrected chi connectivity index (χ2v) is 2.83. The lowest BCUT2D eigenvalue weighted by atomic mass is 10.1. The summed E-state index contributed by atoms with van der Waals surface area (Å²) in [6.07, 6.45) is 1.95. The normalized spacial score (nSPS) is 10.8. The lowest BCUT2D eigenvalue weighted by Gasteiger charge is -2.01. The predicted molar refractivity (Wildman–Crippen MR) is 49.3 cm³/mol. The van der Waals surface area contributed by atoms with Gasteiger partial charge in [0.15, 0.2) is 0 Å². The van der Waals surface area contributed by atoms with Gasteiger partial charge in [-0.25, -0.2) is 8.78 Å². The summed E-state index contributed by atoms with van der Waals surface area (Å²) in [4.78, 5) is 10.4. The Morgan fingerprint density at radius 1 is 1.43 bits per heavy atom. The molecule has 0 aromatic heterocycles. The Kier molecular flexibility index (Phi) is 2.96. The maximum Gasteiger partial charge on any atom is 0.241 e. The van der Waals surface area contributed by atoms with Gasteiger partial charge in [-0.2, -0.15) is 0 Å². The van der Waals surface area contributed by atoms with E-state index in [-0.39, 0.29) is 5.56 Å². The maximum absolute atomic E-state index is 13.3. The van der Waals surface area contributed by atoms with Crippen molar-refractivity contribution in [2.45, 2.75) is 6.92 Å². The number of carbonyl (C=O) groups excluding carboxylic acids is 1. The molecule has 0 saturated carbocycles. The highest BCUT2D eigenvalue weighted by Gasteiger charge is 2.08. The lowest BCUT2D eigenvalue weighted by Crippen LogP contribution is -2.05. The fourth-order valence-corrected chi connectivity index (χ4v) is 0.997. The minimum atomic E-state index is -0.745. The number of nitrogens with two attached hydrogens (primary N) is 1. The number of benzene rings is 1. The summed E-state index contributed by atoms with van der Waals surface area (Å²) < 4.78 is 26.3. The topological polar surface area (TPSA) is 43.1 Å². The first-order chi connectivity index (χ1) is 6.52. The van der Waals surface area contributed by atoms with E-state index in [1.165, 1.54) is 13.0 Å². The standard InChI is InChI=1S/C10H9F2NO/c1-6-2-4-8(11)7(10(6)12)3-5-9(13)14/h2-5H,1H3,(H2,13,14). The number of hydrogen-bond donors (Lipinski definition) is 1. The maximum atomic E-state index is 13.3. The summed E-state index contributed by atoms with van der Waals surface area (Å²) in [7, 11) is 0. The van der Waals surface area contributed by atoms with Crippen molar-refractivity contribution in [2.75, 3.05) is 0 Å². The molecule has 1 rings (SSSR count). The van der Waals surface area contributed by atoms with E-state index in [1.807, 2.05) is 0 Å². The van der Waals surface area contributed by atoms with Crippen molar-refractivity contribution in [1.82, 2.24) is 0 Å². The molecule has 0 fully saturated rings. The zero-order valence-electron chi connectivity index (χ0n) is 7.55. The molecule has 0 saturated heterocycles. The molecule has 1 aromatic rings. The van der Waals surface area contributed by atoms with Gasteiger partial charge in [0.25, 0.3) is 0 Å². The number of halogens is 2. The van der Waals surface area contributed by atoms with Crippen molar-refractivity contribution in [2.24, 2.45) is 5.73 Å². The van der Waals surface area contributed by atoms with Crippen molar-refractivity contribution >= 4 is 12.0 Å². The largest absolute Gasteiger partial charge is 0.366 e. The Bertz CT molecular complexity index is 399. The molecule has 0 heterocycles. The molecule has 2 nitrogen and oxygen atoms in total. The summed E-state index contributed by atoms with van der Waals surface area (Å²) in [5.41, 5.74) is 4.88. The van der Waals surface area contributed by atoms with Gasteiger partial charge in [0.05, 0.1) is 0 Å². The van der Waals surface area contributed by atoms with Crippen LogP contribution in [0.1, 0.15) is 11.1 Å². The second kappa shape index (κ2) is 4.00. The number of primary amides is 1. The van der Waals surface area contributed by atoms with Crippen LogP contribution in [0, 0.1) is 18.6 Å². The first-order valence-electron chi connectivity index (χ1n) is 3.94. The van der Waals surface area contributed by atoms with Crippen LogP contribution in [0.4, 0.5) is 8.78 Å². The van der Waals surface area contributed by atoms with E-state index in [0.29, 0.717) is 5.56 Å². The van der Waals surface area contributed by atoms with Crippen LogP contribution in [0.5, 0.6) is 0 Å². The Hall–Kier alpha value is -1.71. The van der Waals surface area contributed by atoms with E-state index in [9.17, 15) is 13.6 Å². The van der Waals surface area contributed by atoms with Crippen LogP contribution in [0.25, 0.3) is 6.08 Å². The Morgan fingerprint density at radius 3 is 2.64 bits per heavy atom. The molecular weight excluding hydrogens is 188 g/mol. The van der Waals surface area contributed by atoms with Crippen LogP contribution in [0.3, 0.4) is 0 Å².